The molecule has 1 spiro atoms. The fraction of sp³-hybridized carbons (Fsp3) is 0.276. The molecule has 3 aromatic carbocycles. The number of amides is 3. The number of para-hydroxylation sites is 2. The predicted molar refractivity (Wildman–Crippen MR) is 142 cm³/mol. The van der Waals surface area contributed by atoms with Gasteiger partial charge in [0.25, 0.3) is 5.91 Å². The van der Waals surface area contributed by atoms with Gasteiger partial charge in [0.1, 0.15) is 5.54 Å². The first-order chi connectivity index (χ1) is 17.6. The average Bonchev–Trinajstić information content (AvgIpc) is 3.48. The minimum atomic E-state index is -1.27. The van der Waals surface area contributed by atoms with Gasteiger partial charge in [0, 0.05) is 17.3 Å². The first-order valence-corrected chi connectivity index (χ1v) is 13.6. The number of nitrogens with one attached hydrogen (secondary N) is 1. The van der Waals surface area contributed by atoms with Gasteiger partial charge in [0.2, 0.25) is 11.8 Å². The van der Waals surface area contributed by atoms with Crippen molar-refractivity contribution in [3.8, 4) is 0 Å². The number of rotatable bonds is 6. The highest BCUT2D eigenvalue weighted by Gasteiger charge is 2.71. The van der Waals surface area contributed by atoms with Crippen molar-refractivity contribution in [1.29, 1.82) is 0 Å². The molecule has 0 aliphatic carbocycles. The van der Waals surface area contributed by atoms with Gasteiger partial charge in [-0.05, 0) is 42.2 Å². The van der Waals surface area contributed by atoms with Crippen molar-refractivity contribution in [2.75, 3.05) is 21.8 Å². The summed E-state index contributed by atoms with van der Waals surface area (Å²) in [6.07, 6.45) is 2.72. The molecule has 6 rings (SSSR count). The molecule has 4 atom stereocenters. The van der Waals surface area contributed by atoms with E-state index < -0.39 is 17.4 Å². The number of hydrogen-bond acceptors (Lipinski definition) is 5. The molecule has 1 N–H and O–H groups in total. The molecule has 2 fully saturated rings. The Labute approximate surface area is 214 Å². The second-order valence-corrected chi connectivity index (χ2v) is 10.6. The van der Waals surface area contributed by atoms with Gasteiger partial charge in [0.05, 0.1) is 24.1 Å². The minimum absolute atomic E-state index is 0.162. The number of nitrogens with zero attached hydrogens (tertiary/aromatic N) is 2. The van der Waals surface area contributed by atoms with Gasteiger partial charge in [-0.15, -0.1) is 0 Å². The lowest BCUT2D eigenvalue weighted by Crippen LogP contribution is -2.55. The Hall–Kier alpha value is -3.42. The van der Waals surface area contributed by atoms with Gasteiger partial charge in [-0.2, -0.15) is 11.8 Å². The number of carbonyl (C=O) groups excluding carboxylic acids is 3. The fourth-order valence-electron chi connectivity index (χ4n) is 6.19. The summed E-state index contributed by atoms with van der Waals surface area (Å²) >= 11 is 1.70. The SMILES string of the molecule is CSCC[C@@H]1N[C@]2(C(=O)N(Cc3ccccc3)c3ccccc32)[C@@H]2C(=O)N(c3ccccc3)C(=O)[C@H]12. The molecule has 182 valence electrons. The molecule has 7 heteroatoms. The van der Waals surface area contributed by atoms with Gasteiger partial charge in [-0.1, -0.05) is 66.7 Å². The number of carbonyl (C=O) groups is 3. The maximum absolute atomic E-state index is 14.4. The molecule has 3 aliphatic heterocycles. The van der Waals surface area contributed by atoms with E-state index in [0.29, 0.717) is 18.7 Å². The Morgan fingerprint density at radius 2 is 1.53 bits per heavy atom. The van der Waals surface area contributed by atoms with Crippen LogP contribution in [0.15, 0.2) is 84.9 Å². The summed E-state index contributed by atoms with van der Waals surface area (Å²) in [6, 6.07) is 26.3. The molecule has 3 heterocycles. The summed E-state index contributed by atoms with van der Waals surface area (Å²) in [5.74, 6) is -1.26. The second kappa shape index (κ2) is 8.91. The van der Waals surface area contributed by atoms with E-state index in [-0.39, 0.29) is 23.8 Å². The van der Waals surface area contributed by atoms with E-state index in [0.717, 1.165) is 22.6 Å². The van der Waals surface area contributed by atoms with Crippen LogP contribution >= 0.6 is 11.8 Å². The highest BCUT2D eigenvalue weighted by molar-refractivity contribution is 7.98. The third kappa shape index (κ3) is 3.26. The van der Waals surface area contributed by atoms with Crippen LogP contribution in [0.3, 0.4) is 0 Å². The van der Waals surface area contributed by atoms with E-state index >= 15 is 0 Å². The van der Waals surface area contributed by atoms with Crippen LogP contribution in [-0.2, 0) is 26.5 Å². The third-order valence-electron chi connectivity index (χ3n) is 7.70. The Kier molecular flexibility index (Phi) is 5.69. The summed E-state index contributed by atoms with van der Waals surface area (Å²) in [7, 11) is 0. The monoisotopic (exact) mass is 497 g/mol. The number of imide groups is 1. The zero-order valence-electron chi connectivity index (χ0n) is 20.0. The Morgan fingerprint density at radius 1 is 0.861 bits per heavy atom. The molecular weight excluding hydrogens is 470 g/mol. The van der Waals surface area contributed by atoms with Crippen LogP contribution in [0.25, 0.3) is 0 Å². The number of thioether (sulfide) groups is 1. The fourth-order valence-corrected chi connectivity index (χ4v) is 6.68. The molecule has 0 unspecified atom stereocenters. The number of hydrogen-bond donors (Lipinski definition) is 1. The number of fused-ring (bicyclic) bond motifs is 4. The van der Waals surface area contributed by atoms with E-state index in [1.807, 2.05) is 79.1 Å². The molecular formula is C29H27N3O3S. The highest BCUT2D eigenvalue weighted by Crippen LogP contribution is 2.55. The van der Waals surface area contributed by atoms with Gasteiger partial charge in [0.15, 0.2) is 0 Å². The van der Waals surface area contributed by atoms with Crippen molar-refractivity contribution in [1.82, 2.24) is 5.32 Å². The van der Waals surface area contributed by atoms with Crippen LogP contribution < -0.4 is 15.1 Å². The predicted octanol–water partition coefficient (Wildman–Crippen LogP) is 3.96. The van der Waals surface area contributed by atoms with E-state index in [1.54, 1.807) is 28.8 Å². The topological polar surface area (TPSA) is 69.7 Å². The van der Waals surface area contributed by atoms with Crippen LogP contribution in [0.5, 0.6) is 0 Å². The van der Waals surface area contributed by atoms with Crippen molar-refractivity contribution < 1.29 is 14.4 Å². The lowest BCUT2D eigenvalue weighted by Gasteiger charge is -2.30. The normalized spacial score (nSPS) is 26.7. The van der Waals surface area contributed by atoms with Crippen molar-refractivity contribution in [2.45, 2.75) is 24.5 Å². The summed E-state index contributed by atoms with van der Waals surface area (Å²) < 4.78 is 0. The molecule has 36 heavy (non-hydrogen) atoms. The first kappa shape index (κ1) is 23.0. The van der Waals surface area contributed by atoms with Crippen molar-refractivity contribution in [3.63, 3.8) is 0 Å². The quantitative estimate of drug-likeness (QED) is 0.522. The molecule has 2 saturated heterocycles. The summed E-state index contributed by atoms with van der Waals surface area (Å²) in [5.41, 5.74) is 1.87. The van der Waals surface area contributed by atoms with E-state index in [9.17, 15) is 14.4 Å². The number of benzene rings is 3. The van der Waals surface area contributed by atoms with Gasteiger partial charge in [-0.25, -0.2) is 4.90 Å². The van der Waals surface area contributed by atoms with Crippen molar-refractivity contribution in [2.24, 2.45) is 11.8 Å². The molecule has 0 radical (unpaired) electrons. The highest BCUT2D eigenvalue weighted by atomic mass is 32.2. The van der Waals surface area contributed by atoms with Crippen LogP contribution in [0.1, 0.15) is 17.5 Å². The van der Waals surface area contributed by atoms with Crippen molar-refractivity contribution >= 4 is 40.9 Å². The molecule has 0 saturated carbocycles. The Bertz CT molecular complexity index is 1330. The van der Waals surface area contributed by atoms with E-state index in [4.69, 9.17) is 0 Å². The van der Waals surface area contributed by atoms with Crippen molar-refractivity contribution in [3.05, 3.63) is 96.1 Å². The first-order valence-electron chi connectivity index (χ1n) is 12.2. The maximum atomic E-state index is 14.4. The number of anilines is 2. The molecule has 3 aromatic rings. The second-order valence-electron chi connectivity index (χ2n) is 9.59. The minimum Gasteiger partial charge on any atom is -0.306 e. The Morgan fingerprint density at radius 3 is 2.25 bits per heavy atom. The zero-order chi connectivity index (χ0) is 24.9. The molecule has 0 aromatic heterocycles. The van der Waals surface area contributed by atoms with Gasteiger partial charge < -0.3 is 4.90 Å². The summed E-state index contributed by atoms with van der Waals surface area (Å²) in [6.45, 7) is 0.400. The maximum Gasteiger partial charge on any atom is 0.253 e. The lowest BCUT2D eigenvalue weighted by atomic mass is 9.76. The van der Waals surface area contributed by atoms with Crippen LogP contribution in [0.2, 0.25) is 0 Å². The smallest absolute Gasteiger partial charge is 0.253 e. The standard InChI is InChI=1S/C29H27N3O3S/c1-36-17-16-22-24-25(27(34)32(26(24)33)20-12-6-3-7-13-20)29(30-22)21-14-8-9-15-23(21)31(28(29)35)18-19-10-4-2-5-11-19/h2-15,22,24-25,30H,16-18H2,1H3/t22-,24+,25-,29-/m0/s1. The molecule has 3 amide bonds. The van der Waals surface area contributed by atoms with E-state index in [2.05, 4.69) is 5.32 Å². The van der Waals surface area contributed by atoms with E-state index in [1.165, 1.54) is 4.90 Å². The zero-order valence-corrected chi connectivity index (χ0v) is 20.8. The van der Waals surface area contributed by atoms with Crippen LogP contribution in [0.4, 0.5) is 11.4 Å². The van der Waals surface area contributed by atoms with Gasteiger partial charge >= 0.3 is 0 Å². The van der Waals surface area contributed by atoms with Crippen LogP contribution in [0, 0.1) is 11.8 Å². The summed E-state index contributed by atoms with van der Waals surface area (Å²) in [4.78, 5) is 45.4. The molecule has 0 bridgehead atoms. The Balaban J connectivity index is 1.48. The third-order valence-corrected chi connectivity index (χ3v) is 8.34. The lowest BCUT2D eigenvalue weighted by molar-refractivity contribution is -0.132. The molecule has 6 nitrogen and oxygen atoms in total. The molecule has 3 aliphatic rings. The average molecular weight is 498 g/mol. The largest absolute Gasteiger partial charge is 0.306 e. The van der Waals surface area contributed by atoms with Gasteiger partial charge in [-0.3, -0.25) is 19.7 Å². The summed E-state index contributed by atoms with van der Waals surface area (Å²) in [5, 5.41) is 3.58. The van der Waals surface area contributed by atoms with Crippen LogP contribution in [-0.4, -0.2) is 35.8 Å².